The van der Waals surface area contributed by atoms with Gasteiger partial charge in [-0.05, 0) is 36.6 Å². The molecule has 0 unspecified atom stereocenters. The third kappa shape index (κ3) is 5.41. The molecule has 0 aliphatic rings. The molecule has 2 aromatic carbocycles. The van der Waals surface area contributed by atoms with Crippen LogP contribution in [-0.4, -0.2) is 38.8 Å². The summed E-state index contributed by atoms with van der Waals surface area (Å²) in [7, 11) is -2.01. The number of benzene rings is 2. The van der Waals surface area contributed by atoms with E-state index in [9.17, 15) is 13.2 Å². The van der Waals surface area contributed by atoms with Gasteiger partial charge in [-0.15, -0.1) is 0 Å². The van der Waals surface area contributed by atoms with Gasteiger partial charge in [0, 0.05) is 25.7 Å². The minimum Gasteiger partial charge on any atom is -0.352 e. The third-order valence-electron chi connectivity index (χ3n) is 4.17. The monoisotopic (exact) mass is 374 g/mol. The molecule has 0 aliphatic carbocycles. The standard InChI is InChI=1S/C20H26N2O3S/c1-3-4-15-22(2)26(24,25)19-12-8-11-18(16-19)20(23)21-14-13-17-9-6-5-7-10-17/h5-12,16H,3-4,13-15H2,1-2H3,(H,21,23). The van der Waals surface area contributed by atoms with Gasteiger partial charge in [-0.25, -0.2) is 12.7 Å². The average Bonchev–Trinajstić information content (AvgIpc) is 2.66. The number of nitrogens with zero attached hydrogens (tertiary/aromatic N) is 1. The van der Waals surface area contributed by atoms with Crippen LogP contribution < -0.4 is 5.32 Å². The van der Waals surface area contributed by atoms with Crippen molar-refractivity contribution in [2.45, 2.75) is 31.1 Å². The molecule has 0 atom stereocenters. The Labute approximate surface area is 156 Å². The van der Waals surface area contributed by atoms with E-state index >= 15 is 0 Å². The summed E-state index contributed by atoms with van der Waals surface area (Å²) >= 11 is 0. The summed E-state index contributed by atoms with van der Waals surface area (Å²) in [5.41, 5.74) is 1.49. The normalized spacial score (nSPS) is 11.5. The largest absolute Gasteiger partial charge is 0.352 e. The van der Waals surface area contributed by atoms with E-state index in [0.29, 0.717) is 18.7 Å². The number of amides is 1. The van der Waals surface area contributed by atoms with Gasteiger partial charge in [-0.2, -0.15) is 0 Å². The number of carbonyl (C=O) groups excluding carboxylic acids is 1. The van der Waals surface area contributed by atoms with Crippen molar-refractivity contribution in [3.05, 3.63) is 65.7 Å². The zero-order valence-electron chi connectivity index (χ0n) is 15.3. The van der Waals surface area contributed by atoms with Crippen molar-refractivity contribution in [2.24, 2.45) is 0 Å². The number of carbonyl (C=O) groups is 1. The highest BCUT2D eigenvalue weighted by Gasteiger charge is 2.21. The lowest BCUT2D eigenvalue weighted by atomic mass is 10.1. The van der Waals surface area contributed by atoms with Crippen molar-refractivity contribution in [3.63, 3.8) is 0 Å². The molecular weight excluding hydrogens is 348 g/mol. The second kappa shape index (κ2) is 9.50. The lowest BCUT2D eigenvalue weighted by Gasteiger charge is -2.17. The highest BCUT2D eigenvalue weighted by atomic mass is 32.2. The maximum Gasteiger partial charge on any atom is 0.251 e. The number of hydrogen-bond donors (Lipinski definition) is 1. The molecular formula is C20H26N2O3S. The topological polar surface area (TPSA) is 66.5 Å². The molecule has 0 heterocycles. The number of sulfonamides is 1. The smallest absolute Gasteiger partial charge is 0.251 e. The van der Waals surface area contributed by atoms with Crippen LogP contribution in [0.5, 0.6) is 0 Å². The number of unbranched alkanes of at least 4 members (excludes halogenated alkanes) is 1. The predicted octanol–water partition coefficient (Wildman–Crippen LogP) is 3.08. The molecule has 140 valence electrons. The lowest BCUT2D eigenvalue weighted by Crippen LogP contribution is -2.29. The summed E-state index contributed by atoms with van der Waals surface area (Å²) in [4.78, 5) is 12.5. The van der Waals surface area contributed by atoms with E-state index < -0.39 is 10.0 Å². The van der Waals surface area contributed by atoms with Crippen LogP contribution in [0.15, 0.2) is 59.5 Å². The lowest BCUT2D eigenvalue weighted by molar-refractivity contribution is 0.0954. The molecule has 6 heteroatoms. The molecule has 0 fully saturated rings. The van der Waals surface area contributed by atoms with Crippen molar-refractivity contribution in [2.75, 3.05) is 20.1 Å². The van der Waals surface area contributed by atoms with E-state index in [1.807, 2.05) is 37.3 Å². The van der Waals surface area contributed by atoms with Gasteiger partial charge in [0.2, 0.25) is 10.0 Å². The Hall–Kier alpha value is -2.18. The predicted molar refractivity (Wildman–Crippen MR) is 104 cm³/mol. The minimum atomic E-state index is -3.58. The molecule has 0 bridgehead atoms. The summed E-state index contributed by atoms with van der Waals surface area (Å²) in [6.07, 6.45) is 2.45. The maximum atomic E-state index is 12.6. The molecule has 1 N–H and O–H groups in total. The first kappa shape index (κ1) is 20.1. The van der Waals surface area contributed by atoms with Crippen LogP contribution in [-0.2, 0) is 16.4 Å². The van der Waals surface area contributed by atoms with Gasteiger partial charge in [0.05, 0.1) is 4.90 Å². The van der Waals surface area contributed by atoms with Gasteiger partial charge in [0.15, 0.2) is 0 Å². The van der Waals surface area contributed by atoms with Crippen molar-refractivity contribution in [1.29, 1.82) is 0 Å². The minimum absolute atomic E-state index is 0.145. The van der Waals surface area contributed by atoms with E-state index in [4.69, 9.17) is 0 Å². The Morgan fingerprint density at radius 2 is 1.81 bits per heavy atom. The highest BCUT2D eigenvalue weighted by molar-refractivity contribution is 7.89. The summed E-state index contributed by atoms with van der Waals surface area (Å²) in [5, 5.41) is 2.84. The second-order valence-electron chi connectivity index (χ2n) is 6.20. The van der Waals surface area contributed by atoms with Gasteiger partial charge in [0.1, 0.15) is 0 Å². The van der Waals surface area contributed by atoms with Crippen LogP contribution in [0, 0.1) is 0 Å². The Kier molecular flexibility index (Phi) is 7.36. The Morgan fingerprint density at radius 1 is 1.08 bits per heavy atom. The van der Waals surface area contributed by atoms with E-state index in [2.05, 4.69) is 5.32 Å². The summed E-state index contributed by atoms with van der Waals surface area (Å²) in [6, 6.07) is 16.1. The Morgan fingerprint density at radius 3 is 2.50 bits per heavy atom. The van der Waals surface area contributed by atoms with Gasteiger partial charge in [-0.3, -0.25) is 4.79 Å². The summed E-state index contributed by atoms with van der Waals surface area (Å²) in [5.74, 6) is -0.269. The first-order valence-corrected chi connectivity index (χ1v) is 10.3. The van der Waals surface area contributed by atoms with Crippen LogP contribution >= 0.6 is 0 Å². The van der Waals surface area contributed by atoms with Gasteiger partial charge in [-0.1, -0.05) is 49.7 Å². The van der Waals surface area contributed by atoms with E-state index in [0.717, 1.165) is 24.8 Å². The fourth-order valence-electron chi connectivity index (χ4n) is 2.55. The van der Waals surface area contributed by atoms with Crippen LogP contribution in [0.4, 0.5) is 0 Å². The van der Waals surface area contributed by atoms with Crippen molar-refractivity contribution in [3.8, 4) is 0 Å². The van der Waals surface area contributed by atoms with Crippen LogP contribution in [0.25, 0.3) is 0 Å². The molecule has 0 aromatic heterocycles. The summed E-state index contributed by atoms with van der Waals surface area (Å²) < 4.78 is 26.5. The zero-order chi connectivity index (χ0) is 19.0. The van der Waals surface area contributed by atoms with Gasteiger partial charge < -0.3 is 5.32 Å². The Balaban J connectivity index is 2.02. The number of rotatable bonds is 9. The molecule has 0 aliphatic heterocycles. The molecule has 1 amide bonds. The van der Waals surface area contributed by atoms with Crippen molar-refractivity contribution < 1.29 is 13.2 Å². The van der Waals surface area contributed by atoms with Crippen LogP contribution in [0.3, 0.4) is 0 Å². The van der Waals surface area contributed by atoms with Crippen LogP contribution in [0.2, 0.25) is 0 Å². The fourth-order valence-corrected chi connectivity index (χ4v) is 3.80. The van der Waals surface area contributed by atoms with E-state index in [1.54, 1.807) is 19.2 Å². The third-order valence-corrected chi connectivity index (χ3v) is 6.03. The zero-order valence-corrected chi connectivity index (χ0v) is 16.1. The van der Waals surface area contributed by atoms with Crippen molar-refractivity contribution in [1.82, 2.24) is 9.62 Å². The number of hydrogen-bond acceptors (Lipinski definition) is 3. The Bertz CT molecular complexity index is 820. The second-order valence-corrected chi connectivity index (χ2v) is 8.24. The van der Waals surface area contributed by atoms with Gasteiger partial charge in [0.25, 0.3) is 5.91 Å². The van der Waals surface area contributed by atoms with Gasteiger partial charge >= 0.3 is 0 Å². The molecule has 0 saturated carbocycles. The SMILES string of the molecule is CCCCN(C)S(=O)(=O)c1cccc(C(=O)NCCc2ccccc2)c1. The average molecular weight is 375 g/mol. The molecule has 0 spiro atoms. The first-order valence-electron chi connectivity index (χ1n) is 8.83. The molecule has 2 aromatic rings. The fraction of sp³-hybridized carbons (Fsp3) is 0.350. The summed E-state index contributed by atoms with van der Waals surface area (Å²) in [6.45, 7) is 2.98. The first-order chi connectivity index (χ1) is 12.4. The van der Waals surface area contributed by atoms with Crippen LogP contribution in [0.1, 0.15) is 35.7 Å². The quantitative estimate of drug-likeness (QED) is 0.733. The molecule has 2 rings (SSSR count). The molecule has 26 heavy (non-hydrogen) atoms. The van der Waals surface area contributed by atoms with E-state index in [-0.39, 0.29) is 10.8 Å². The van der Waals surface area contributed by atoms with Crippen molar-refractivity contribution >= 4 is 15.9 Å². The molecule has 0 radical (unpaired) electrons. The highest BCUT2D eigenvalue weighted by Crippen LogP contribution is 2.16. The van der Waals surface area contributed by atoms with E-state index in [1.165, 1.54) is 16.4 Å². The maximum absolute atomic E-state index is 12.6. The molecule has 0 saturated heterocycles. The number of nitrogens with one attached hydrogen (secondary N) is 1. The molecule has 5 nitrogen and oxygen atoms in total.